The molecule has 16 heavy (non-hydrogen) atoms. The monoisotopic (exact) mass is 224 g/mol. The fourth-order valence-corrected chi connectivity index (χ4v) is 1.35. The molecule has 0 atom stereocenters. The number of isocyanates is 1. The lowest BCUT2D eigenvalue weighted by Crippen LogP contribution is -2.10. The summed E-state index contributed by atoms with van der Waals surface area (Å²) in [5.41, 5.74) is 0.474. The third-order valence-corrected chi connectivity index (χ3v) is 1.96. The smallest absolute Gasteiger partial charge is 0.358 e. The van der Waals surface area contributed by atoms with Gasteiger partial charge in [0.15, 0.2) is 11.4 Å². The van der Waals surface area contributed by atoms with Crippen molar-refractivity contribution in [3.8, 4) is 5.75 Å². The van der Waals surface area contributed by atoms with Crippen LogP contribution in [0.2, 0.25) is 0 Å². The standard InChI is InChI=1S/C10H12N2O4/c1-4-16-10(14)8-9(15-3)7(11-6-13)5-12(8)2/h5H,4H2,1-3H3. The number of esters is 1. The van der Waals surface area contributed by atoms with E-state index in [1.54, 1.807) is 14.0 Å². The summed E-state index contributed by atoms with van der Waals surface area (Å²) < 4.78 is 11.4. The van der Waals surface area contributed by atoms with Crippen molar-refractivity contribution >= 4 is 17.7 Å². The SMILES string of the molecule is CCOC(=O)c1c(OC)c(N=C=O)cn1C. The molecule has 0 saturated carbocycles. The lowest BCUT2D eigenvalue weighted by Gasteiger charge is -2.05. The van der Waals surface area contributed by atoms with Crippen LogP contribution in [0.1, 0.15) is 17.4 Å². The minimum absolute atomic E-state index is 0.212. The minimum Gasteiger partial charge on any atom is -0.492 e. The summed E-state index contributed by atoms with van der Waals surface area (Å²) >= 11 is 0. The zero-order valence-electron chi connectivity index (χ0n) is 9.31. The number of nitrogens with zero attached hydrogens (tertiary/aromatic N) is 2. The molecule has 0 N–H and O–H groups in total. The number of hydrogen-bond donors (Lipinski definition) is 0. The van der Waals surface area contributed by atoms with Gasteiger partial charge in [0.2, 0.25) is 6.08 Å². The number of aryl methyl sites for hydroxylation is 1. The lowest BCUT2D eigenvalue weighted by molar-refractivity contribution is 0.0511. The largest absolute Gasteiger partial charge is 0.492 e. The van der Waals surface area contributed by atoms with E-state index in [4.69, 9.17) is 9.47 Å². The highest BCUT2D eigenvalue weighted by Gasteiger charge is 2.22. The average Bonchev–Trinajstić information content (AvgIpc) is 2.55. The Hall–Kier alpha value is -2.07. The first-order valence-electron chi connectivity index (χ1n) is 4.64. The Morgan fingerprint density at radius 1 is 1.62 bits per heavy atom. The molecule has 0 amide bonds. The zero-order chi connectivity index (χ0) is 12.1. The van der Waals surface area contributed by atoms with Crippen LogP contribution in [0.25, 0.3) is 0 Å². The topological polar surface area (TPSA) is 69.9 Å². The summed E-state index contributed by atoms with van der Waals surface area (Å²) in [5.74, 6) is -0.307. The Kier molecular flexibility index (Phi) is 3.85. The molecule has 0 bridgehead atoms. The van der Waals surface area contributed by atoms with Gasteiger partial charge in [-0.3, -0.25) is 0 Å². The average molecular weight is 224 g/mol. The summed E-state index contributed by atoms with van der Waals surface area (Å²) in [7, 11) is 3.03. The van der Waals surface area contributed by atoms with E-state index in [0.29, 0.717) is 0 Å². The quantitative estimate of drug-likeness (QED) is 0.437. The molecule has 1 aromatic rings. The molecular weight excluding hydrogens is 212 g/mol. The van der Waals surface area contributed by atoms with E-state index in [-0.39, 0.29) is 23.7 Å². The molecule has 1 heterocycles. The molecule has 6 heteroatoms. The molecule has 0 spiro atoms. The first kappa shape index (κ1) is 12.0. The molecule has 0 aliphatic carbocycles. The maximum atomic E-state index is 11.6. The number of carbonyl (C=O) groups is 1. The van der Waals surface area contributed by atoms with Gasteiger partial charge in [-0.1, -0.05) is 0 Å². The Labute approximate surface area is 92.5 Å². The van der Waals surface area contributed by atoms with Crippen molar-refractivity contribution in [1.29, 1.82) is 0 Å². The van der Waals surface area contributed by atoms with Gasteiger partial charge in [0.1, 0.15) is 5.69 Å². The van der Waals surface area contributed by atoms with Crippen LogP contribution in [0.4, 0.5) is 5.69 Å². The third-order valence-electron chi connectivity index (χ3n) is 1.96. The van der Waals surface area contributed by atoms with Gasteiger partial charge in [-0.05, 0) is 6.92 Å². The van der Waals surface area contributed by atoms with Gasteiger partial charge < -0.3 is 14.0 Å². The highest BCUT2D eigenvalue weighted by Crippen LogP contribution is 2.33. The fraction of sp³-hybridized carbons (Fsp3) is 0.400. The molecule has 0 unspecified atom stereocenters. The summed E-state index contributed by atoms with van der Waals surface area (Å²) in [6, 6.07) is 0. The van der Waals surface area contributed by atoms with E-state index in [2.05, 4.69) is 4.99 Å². The molecule has 0 aliphatic rings. The highest BCUT2D eigenvalue weighted by atomic mass is 16.5. The molecular formula is C10H12N2O4. The number of methoxy groups -OCH3 is 1. The molecule has 0 radical (unpaired) electrons. The number of ether oxygens (including phenoxy) is 2. The summed E-state index contributed by atoms with van der Waals surface area (Å²) in [4.78, 5) is 25.2. The number of aliphatic imine (C=N–C) groups is 1. The van der Waals surface area contributed by atoms with Gasteiger partial charge in [-0.2, -0.15) is 4.99 Å². The summed E-state index contributed by atoms with van der Waals surface area (Å²) in [6.45, 7) is 1.97. The van der Waals surface area contributed by atoms with Gasteiger partial charge >= 0.3 is 5.97 Å². The molecule has 1 aromatic heterocycles. The summed E-state index contributed by atoms with van der Waals surface area (Å²) in [6.07, 6.45) is 2.90. The molecule has 0 fully saturated rings. The van der Waals surface area contributed by atoms with E-state index >= 15 is 0 Å². The fourth-order valence-electron chi connectivity index (χ4n) is 1.35. The van der Waals surface area contributed by atoms with Crippen LogP contribution in [0, 0.1) is 0 Å². The maximum Gasteiger partial charge on any atom is 0.358 e. The third kappa shape index (κ3) is 2.12. The van der Waals surface area contributed by atoms with Crippen molar-refractivity contribution in [3.05, 3.63) is 11.9 Å². The second-order valence-electron chi connectivity index (χ2n) is 2.93. The van der Waals surface area contributed by atoms with Crippen LogP contribution in [0.5, 0.6) is 5.75 Å². The van der Waals surface area contributed by atoms with E-state index in [0.717, 1.165) is 0 Å². The van der Waals surface area contributed by atoms with Crippen LogP contribution in [-0.2, 0) is 16.6 Å². The van der Waals surface area contributed by atoms with Crippen molar-refractivity contribution in [3.63, 3.8) is 0 Å². The molecule has 0 aromatic carbocycles. The number of aromatic nitrogens is 1. The van der Waals surface area contributed by atoms with Crippen molar-refractivity contribution in [2.45, 2.75) is 6.92 Å². The predicted octanol–water partition coefficient (Wildman–Crippen LogP) is 1.18. The van der Waals surface area contributed by atoms with Crippen LogP contribution in [0.15, 0.2) is 11.2 Å². The number of rotatable bonds is 4. The zero-order valence-corrected chi connectivity index (χ0v) is 9.31. The van der Waals surface area contributed by atoms with Crippen LogP contribution in [0.3, 0.4) is 0 Å². The maximum absolute atomic E-state index is 11.6. The van der Waals surface area contributed by atoms with Crippen molar-refractivity contribution in [1.82, 2.24) is 4.57 Å². The lowest BCUT2D eigenvalue weighted by atomic mass is 10.3. The second-order valence-corrected chi connectivity index (χ2v) is 2.93. The molecule has 0 aliphatic heterocycles. The van der Waals surface area contributed by atoms with Gasteiger partial charge in [-0.15, -0.1) is 0 Å². The van der Waals surface area contributed by atoms with Gasteiger partial charge in [0, 0.05) is 13.2 Å². The summed E-state index contributed by atoms with van der Waals surface area (Å²) in [5, 5.41) is 0. The Morgan fingerprint density at radius 3 is 2.81 bits per heavy atom. The van der Waals surface area contributed by atoms with E-state index in [1.807, 2.05) is 0 Å². The molecule has 6 nitrogen and oxygen atoms in total. The van der Waals surface area contributed by atoms with Gasteiger partial charge in [-0.25, -0.2) is 9.59 Å². The predicted molar refractivity (Wildman–Crippen MR) is 55.7 cm³/mol. The minimum atomic E-state index is -0.519. The van der Waals surface area contributed by atoms with Gasteiger partial charge in [0.05, 0.1) is 13.7 Å². The van der Waals surface area contributed by atoms with Crippen LogP contribution < -0.4 is 4.74 Å². The van der Waals surface area contributed by atoms with Crippen molar-refractivity contribution < 1.29 is 19.1 Å². The normalized spacial score (nSPS) is 9.44. The highest BCUT2D eigenvalue weighted by molar-refractivity contribution is 5.93. The first-order chi connectivity index (χ1) is 7.65. The Bertz CT molecular complexity index is 444. The van der Waals surface area contributed by atoms with Crippen molar-refractivity contribution in [2.75, 3.05) is 13.7 Å². The van der Waals surface area contributed by atoms with E-state index in [9.17, 15) is 9.59 Å². The first-order valence-corrected chi connectivity index (χ1v) is 4.64. The van der Waals surface area contributed by atoms with Crippen LogP contribution >= 0.6 is 0 Å². The van der Waals surface area contributed by atoms with Crippen molar-refractivity contribution in [2.24, 2.45) is 12.0 Å². The number of carbonyl (C=O) groups excluding carboxylic acids is 2. The Balaban J connectivity index is 3.26. The van der Waals surface area contributed by atoms with Crippen LogP contribution in [-0.4, -0.2) is 30.3 Å². The Morgan fingerprint density at radius 2 is 2.31 bits per heavy atom. The molecule has 86 valence electrons. The second kappa shape index (κ2) is 5.14. The molecule has 1 rings (SSSR count). The van der Waals surface area contributed by atoms with E-state index < -0.39 is 5.97 Å². The van der Waals surface area contributed by atoms with Gasteiger partial charge in [0.25, 0.3) is 0 Å². The number of hydrogen-bond acceptors (Lipinski definition) is 5. The molecule has 0 saturated heterocycles. The van der Waals surface area contributed by atoms with E-state index in [1.165, 1.54) is 24.0 Å².